The standard InChI is InChI=1S/C19H36N4O4.C3H3F3O/c1-2-12-21-17(24)16(13-14-8-4-3-5-9-14)23-19(27)22-15(18(25)26)10-6-7-11-20;1-2(7)3(4,5)6/h14-16H,2-13,20H2,1H3,(H,21,24)(H,25,26)(H2,22,23,27);1H3/t15-,16+;/m0./s1. The minimum absolute atomic E-state index is 0.201. The first kappa shape index (κ1) is 31.6. The van der Waals surface area contributed by atoms with Crippen molar-refractivity contribution in [2.45, 2.75) is 96.3 Å². The van der Waals surface area contributed by atoms with Crippen molar-refractivity contribution in [3.63, 3.8) is 0 Å². The number of hydrogen-bond donors (Lipinski definition) is 5. The lowest BCUT2D eigenvalue weighted by Gasteiger charge is -2.27. The van der Waals surface area contributed by atoms with E-state index in [4.69, 9.17) is 5.73 Å². The zero-order chi connectivity index (χ0) is 26.1. The molecule has 12 heteroatoms. The van der Waals surface area contributed by atoms with E-state index in [1.165, 1.54) is 6.42 Å². The molecule has 0 saturated heterocycles. The highest BCUT2D eigenvalue weighted by molar-refractivity contribution is 5.88. The van der Waals surface area contributed by atoms with E-state index in [9.17, 15) is 37.5 Å². The number of Topliss-reactive ketones (excluding diaryl/α,β-unsaturated/α-hetero) is 1. The Morgan fingerprint density at radius 1 is 1.03 bits per heavy atom. The molecule has 1 fully saturated rings. The topological polar surface area (TPSA) is 151 Å². The second-order valence-electron chi connectivity index (χ2n) is 8.43. The molecular formula is C22H39F3N4O5. The van der Waals surface area contributed by atoms with E-state index in [-0.39, 0.29) is 5.91 Å². The van der Waals surface area contributed by atoms with Gasteiger partial charge >= 0.3 is 18.2 Å². The SMILES string of the molecule is CC(=O)C(F)(F)F.CCCNC(=O)[C@@H](CC1CCCCC1)NC(=O)N[C@@H](CCCCN)C(=O)O. The van der Waals surface area contributed by atoms with E-state index in [0.29, 0.717) is 51.6 Å². The normalized spacial score (nSPS) is 15.8. The largest absolute Gasteiger partial charge is 0.480 e. The summed E-state index contributed by atoms with van der Waals surface area (Å²) < 4.78 is 32.5. The summed E-state index contributed by atoms with van der Waals surface area (Å²) in [6.45, 7) is 3.50. The Balaban J connectivity index is 0.00000135. The summed E-state index contributed by atoms with van der Waals surface area (Å²) in [5.74, 6) is -2.63. The average Bonchev–Trinajstić information content (AvgIpc) is 2.76. The van der Waals surface area contributed by atoms with Crippen LogP contribution in [0.5, 0.6) is 0 Å². The molecule has 2 atom stereocenters. The van der Waals surface area contributed by atoms with E-state index in [0.717, 1.165) is 32.1 Å². The lowest BCUT2D eigenvalue weighted by Crippen LogP contribution is -2.54. The number of alkyl halides is 3. The fraction of sp³-hybridized carbons (Fsp3) is 0.818. The van der Waals surface area contributed by atoms with Gasteiger partial charge in [0, 0.05) is 13.5 Å². The number of halogens is 3. The van der Waals surface area contributed by atoms with Gasteiger partial charge in [-0.2, -0.15) is 13.2 Å². The second-order valence-corrected chi connectivity index (χ2v) is 8.43. The monoisotopic (exact) mass is 496 g/mol. The van der Waals surface area contributed by atoms with Gasteiger partial charge in [0.05, 0.1) is 0 Å². The molecule has 0 aromatic heterocycles. The lowest BCUT2D eigenvalue weighted by molar-refractivity contribution is -0.168. The number of unbranched alkanes of at least 4 members (excludes halogenated alkanes) is 1. The molecule has 0 heterocycles. The maximum atomic E-state index is 12.5. The summed E-state index contributed by atoms with van der Waals surface area (Å²) in [6, 6.07) is -2.23. The van der Waals surface area contributed by atoms with E-state index in [1.54, 1.807) is 0 Å². The molecule has 0 radical (unpaired) electrons. The molecule has 1 aliphatic carbocycles. The average molecular weight is 497 g/mol. The van der Waals surface area contributed by atoms with Crippen molar-refractivity contribution >= 4 is 23.7 Å². The van der Waals surface area contributed by atoms with Crippen LogP contribution in [0.2, 0.25) is 0 Å². The summed E-state index contributed by atoms with van der Waals surface area (Å²) in [6.07, 6.45) is 4.08. The van der Waals surface area contributed by atoms with Gasteiger partial charge in [0.1, 0.15) is 12.1 Å². The van der Waals surface area contributed by atoms with Gasteiger partial charge in [0.25, 0.3) is 0 Å². The number of carbonyl (C=O) groups is 4. The number of urea groups is 1. The lowest BCUT2D eigenvalue weighted by atomic mass is 9.84. The van der Waals surface area contributed by atoms with Crippen LogP contribution in [0.15, 0.2) is 0 Å². The molecule has 1 saturated carbocycles. The smallest absolute Gasteiger partial charge is 0.449 e. The van der Waals surface area contributed by atoms with Gasteiger partial charge in [-0.1, -0.05) is 39.0 Å². The van der Waals surface area contributed by atoms with Gasteiger partial charge in [-0.25, -0.2) is 9.59 Å². The summed E-state index contributed by atoms with van der Waals surface area (Å²) in [5.41, 5.74) is 5.43. The van der Waals surface area contributed by atoms with Gasteiger partial charge in [-0.15, -0.1) is 0 Å². The molecule has 6 N–H and O–H groups in total. The van der Waals surface area contributed by atoms with Crippen LogP contribution in [0.4, 0.5) is 18.0 Å². The Labute approximate surface area is 198 Å². The highest BCUT2D eigenvalue weighted by Crippen LogP contribution is 2.27. The third-order valence-electron chi connectivity index (χ3n) is 5.41. The third kappa shape index (κ3) is 14.7. The quantitative estimate of drug-likeness (QED) is 0.262. The summed E-state index contributed by atoms with van der Waals surface area (Å²) in [7, 11) is 0. The fourth-order valence-corrected chi connectivity index (χ4v) is 3.47. The fourth-order valence-electron chi connectivity index (χ4n) is 3.47. The van der Waals surface area contributed by atoms with Crippen molar-refractivity contribution in [2.75, 3.05) is 13.1 Å². The van der Waals surface area contributed by atoms with Crippen molar-refractivity contribution in [1.82, 2.24) is 16.0 Å². The first-order valence-electron chi connectivity index (χ1n) is 11.8. The summed E-state index contributed by atoms with van der Waals surface area (Å²) in [5, 5.41) is 17.3. The molecule has 0 aromatic carbocycles. The second kappa shape index (κ2) is 17.1. The molecule has 9 nitrogen and oxygen atoms in total. The highest BCUT2D eigenvalue weighted by atomic mass is 19.4. The number of hydrogen-bond acceptors (Lipinski definition) is 5. The molecule has 0 aromatic rings. The van der Waals surface area contributed by atoms with Crippen molar-refractivity contribution < 1.29 is 37.5 Å². The van der Waals surface area contributed by atoms with E-state index in [1.807, 2.05) is 6.92 Å². The van der Waals surface area contributed by atoms with Crippen molar-refractivity contribution in [1.29, 1.82) is 0 Å². The number of ketones is 1. The van der Waals surface area contributed by atoms with Gasteiger partial charge in [-0.3, -0.25) is 9.59 Å². The number of nitrogens with one attached hydrogen (secondary N) is 3. The van der Waals surface area contributed by atoms with Gasteiger partial charge in [-0.05, 0) is 44.6 Å². The van der Waals surface area contributed by atoms with Crippen LogP contribution in [0.3, 0.4) is 0 Å². The van der Waals surface area contributed by atoms with Crippen LogP contribution in [0.1, 0.15) is 78.1 Å². The maximum absolute atomic E-state index is 12.5. The Morgan fingerprint density at radius 2 is 1.59 bits per heavy atom. The number of carbonyl (C=O) groups excluding carboxylic acids is 3. The predicted molar refractivity (Wildman–Crippen MR) is 121 cm³/mol. The number of nitrogens with two attached hydrogens (primary N) is 1. The minimum Gasteiger partial charge on any atom is -0.480 e. The molecule has 3 amide bonds. The molecule has 0 spiro atoms. The molecule has 1 aliphatic rings. The number of aliphatic carboxylic acids is 1. The Morgan fingerprint density at radius 3 is 2.06 bits per heavy atom. The highest BCUT2D eigenvalue weighted by Gasteiger charge is 2.33. The van der Waals surface area contributed by atoms with E-state index in [2.05, 4.69) is 16.0 Å². The molecule has 34 heavy (non-hydrogen) atoms. The van der Waals surface area contributed by atoms with Crippen LogP contribution >= 0.6 is 0 Å². The first-order chi connectivity index (χ1) is 15.9. The third-order valence-corrected chi connectivity index (χ3v) is 5.41. The summed E-state index contributed by atoms with van der Waals surface area (Å²) in [4.78, 5) is 45.5. The van der Waals surface area contributed by atoms with Crippen molar-refractivity contribution in [2.24, 2.45) is 11.7 Å². The maximum Gasteiger partial charge on any atom is 0.449 e. The van der Waals surface area contributed by atoms with Crippen molar-refractivity contribution in [3.05, 3.63) is 0 Å². The van der Waals surface area contributed by atoms with Crippen LogP contribution in [-0.2, 0) is 14.4 Å². The zero-order valence-electron chi connectivity index (χ0n) is 20.0. The van der Waals surface area contributed by atoms with Gasteiger partial charge < -0.3 is 26.8 Å². The van der Waals surface area contributed by atoms with Crippen LogP contribution < -0.4 is 21.7 Å². The van der Waals surface area contributed by atoms with Crippen LogP contribution in [-0.4, -0.2) is 60.1 Å². The molecule has 0 aliphatic heterocycles. The van der Waals surface area contributed by atoms with Crippen molar-refractivity contribution in [3.8, 4) is 0 Å². The first-order valence-corrected chi connectivity index (χ1v) is 11.8. The Bertz CT molecular complexity index is 641. The predicted octanol–water partition coefficient (Wildman–Crippen LogP) is 2.87. The number of carboxylic acids is 1. The number of carboxylic acid groups (broad SMARTS) is 1. The molecule has 0 bridgehead atoms. The minimum atomic E-state index is -4.64. The Hall–Kier alpha value is -2.37. The molecule has 1 rings (SSSR count). The van der Waals surface area contributed by atoms with Gasteiger partial charge in [0.2, 0.25) is 11.7 Å². The molecule has 198 valence electrons. The number of rotatable bonds is 12. The van der Waals surface area contributed by atoms with Crippen LogP contribution in [0.25, 0.3) is 0 Å². The zero-order valence-corrected chi connectivity index (χ0v) is 20.0. The van der Waals surface area contributed by atoms with E-state index >= 15 is 0 Å². The molecule has 0 unspecified atom stereocenters. The number of amides is 3. The van der Waals surface area contributed by atoms with E-state index < -0.39 is 36.0 Å². The van der Waals surface area contributed by atoms with Crippen LogP contribution in [0, 0.1) is 5.92 Å². The van der Waals surface area contributed by atoms with Gasteiger partial charge in [0.15, 0.2) is 0 Å². The summed E-state index contributed by atoms with van der Waals surface area (Å²) >= 11 is 0. The Kier molecular flexibility index (Phi) is 15.9. The molecular weight excluding hydrogens is 457 g/mol.